The Morgan fingerprint density at radius 2 is 1.96 bits per heavy atom. The standard InChI is InChI=1S/C17H17N3O2S/c1-10-9-14-16(23-10)18-12(3)20(17(14)22)11(2)15(21)19-13-7-5-4-6-8-13/h4-9,11H,1-3H3,(H,19,21). The molecule has 1 amide bonds. The molecule has 1 aromatic carbocycles. The number of hydrogen-bond acceptors (Lipinski definition) is 4. The van der Waals surface area contributed by atoms with Crippen molar-refractivity contribution in [2.45, 2.75) is 26.8 Å². The fourth-order valence-electron chi connectivity index (χ4n) is 2.56. The summed E-state index contributed by atoms with van der Waals surface area (Å²) in [6.45, 7) is 5.40. The number of rotatable bonds is 3. The highest BCUT2D eigenvalue weighted by atomic mass is 32.1. The molecule has 2 heterocycles. The van der Waals surface area contributed by atoms with Crippen molar-refractivity contribution in [3.05, 3.63) is 57.5 Å². The van der Waals surface area contributed by atoms with Gasteiger partial charge in [-0.15, -0.1) is 11.3 Å². The number of aryl methyl sites for hydroxylation is 2. The summed E-state index contributed by atoms with van der Waals surface area (Å²) in [7, 11) is 0. The fourth-order valence-corrected chi connectivity index (χ4v) is 3.47. The summed E-state index contributed by atoms with van der Waals surface area (Å²) in [6.07, 6.45) is 0. The topological polar surface area (TPSA) is 64.0 Å². The minimum Gasteiger partial charge on any atom is -0.324 e. The zero-order valence-electron chi connectivity index (χ0n) is 13.2. The van der Waals surface area contributed by atoms with Gasteiger partial charge >= 0.3 is 0 Å². The van der Waals surface area contributed by atoms with E-state index in [0.717, 1.165) is 9.71 Å². The lowest BCUT2D eigenvalue weighted by Gasteiger charge is -2.17. The Hall–Kier alpha value is -2.47. The van der Waals surface area contributed by atoms with Gasteiger partial charge in [0.25, 0.3) is 5.56 Å². The summed E-state index contributed by atoms with van der Waals surface area (Å²) in [6, 6.07) is 10.4. The van der Waals surface area contributed by atoms with Gasteiger partial charge in [-0.05, 0) is 39.0 Å². The van der Waals surface area contributed by atoms with E-state index in [1.165, 1.54) is 15.9 Å². The predicted octanol–water partition coefficient (Wildman–Crippen LogP) is 3.27. The third-order valence-electron chi connectivity index (χ3n) is 3.70. The van der Waals surface area contributed by atoms with Crippen molar-refractivity contribution < 1.29 is 4.79 Å². The summed E-state index contributed by atoms with van der Waals surface area (Å²) in [5.41, 5.74) is 0.531. The van der Waals surface area contributed by atoms with E-state index in [2.05, 4.69) is 10.3 Å². The van der Waals surface area contributed by atoms with Gasteiger partial charge in [0.15, 0.2) is 0 Å². The molecule has 3 rings (SSSR count). The van der Waals surface area contributed by atoms with E-state index >= 15 is 0 Å². The lowest BCUT2D eigenvalue weighted by molar-refractivity contribution is -0.118. The molecule has 0 fully saturated rings. The van der Waals surface area contributed by atoms with Crippen LogP contribution in [-0.4, -0.2) is 15.5 Å². The Morgan fingerprint density at radius 3 is 2.65 bits per heavy atom. The van der Waals surface area contributed by atoms with Crippen molar-refractivity contribution in [1.29, 1.82) is 0 Å². The normalized spacial score (nSPS) is 12.3. The van der Waals surface area contributed by atoms with Crippen LogP contribution in [0.2, 0.25) is 0 Å². The molecule has 1 unspecified atom stereocenters. The maximum Gasteiger partial charge on any atom is 0.263 e. The minimum absolute atomic E-state index is 0.174. The molecule has 0 aliphatic heterocycles. The van der Waals surface area contributed by atoms with Crippen molar-refractivity contribution in [3.63, 3.8) is 0 Å². The average molecular weight is 327 g/mol. The third-order valence-corrected chi connectivity index (χ3v) is 4.65. The van der Waals surface area contributed by atoms with Crippen LogP contribution < -0.4 is 10.9 Å². The zero-order valence-corrected chi connectivity index (χ0v) is 14.0. The molecular formula is C17H17N3O2S. The Morgan fingerprint density at radius 1 is 1.26 bits per heavy atom. The van der Waals surface area contributed by atoms with Crippen LogP contribution in [0.1, 0.15) is 23.7 Å². The van der Waals surface area contributed by atoms with Crippen LogP contribution in [0.4, 0.5) is 5.69 Å². The number of hydrogen-bond donors (Lipinski definition) is 1. The van der Waals surface area contributed by atoms with E-state index in [-0.39, 0.29) is 11.5 Å². The van der Waals surface area contributed by atoms with Crippen molar-refractivity contribution >= 4 is 33.1 Å². The van der Waals surface area contributed by atoms with Gasteiger partial charge in [0, 0.05) is 10.6 Å². The van der Waals surface area contributed by atoms with Crippen LogP contribution in [0.3, 0.4) is 0 Å². The zero-order chi connectivity index (χ0) is 16.6. The molecule has 0 bridgehead atoms. The van der Waals surface area contributed by atoms with E-state index < -0.39 is 6.04 Å². The summed E-state index contributed by atoms with van der Waals surface area (Å²) < 4.78 is 1.45. The van der Waals surface area contributed by atoms with Gasteiger partial charge in [0.05, 0.1) is 5.39 Å². The molecule has 23 heavy (non-hydrogen) atoms. The Balaban J connectivity index is 1.98. The Kier molecular flexibility index (Phi) is 4.00. The summed E-state index contributed by atoms with van der Waals surface area (Å²) in [5, 5.41) is 3.39. The minimum atomic E-state index is -0.639. The first-order valence-electron chi connectivity index (χ1n) is 7.32. The van der Waals surface area contributed by atoms with Gasteiger partial charge in [-0.2, -0.15) is 0 Å². The number of aromatic nitrogens is 2. The van der Waals surface area contributed by atoms with Crippen LogP contribution in [0.15, 0.2) is 41.2 Å². The SMILES string of the molecule is Cc1cc2c(=O)n(C(C)C(=O)Nc3ccccc3)c(C)nc2s1. The second-order valence-corrected chi connectivity index (χ2v) is 6.68. The number of nitrogens with one attached hydrogen (secondary N) is 1. The number of para-hydroxylation sites is 1. The van der Waals surface area contributed by atoms with Crippen LogP contribution in [0, 0.1) is 13.8 Å². The molecule has 3 aromatic rings. The second kappa shape index (κ2) is 5.96. The molecule has 0 aliphatic rings. The maximum atomic E-state index is 12.7. The Labute approximate surface area is 137 Å². The lowest BCUT2D eigenvalue weighted by Crippen LogP contribution is -2.33. The highest BCUT2D eigenvalue weighted by Crippen LogP contribution is 2.22. The number of nitrogens with zero attached hydrogens (tertiary/aromatic N) is 2. The van der Waals surface area contributed by atoms with Crippen molar-refractivity contribution in [1.82, 2.24) is 9.55 Å². The van der Waals surface area contributed by atoms with Gasteiger partial charge in [-0.25, -0.2) is 4.98 Å². The highest BCUT2D eigenvalue weighted by molar-refractivity contribution is 7.18. The molecule has 5 nitrogen and oxygen atoms in total. The number of carbonyl (C=O) groups is 1. The summed E-state index contributed by atoms with van der Waals surface area (Å²) >= 11 is 1.49. The van der Waals surface area contributed by atoms with Gasteiger partial charge in [-0.3, -0.25) is 14.2 Å². The first-order chi connectivity index (χ1) is 11.0. The smallest absolute Gasteiger partial charge is 0.263 e. The molecule has 118 valence electrons. The molecule has 1 N–H and O–H groups in total. The van der Waals surface area contributed by atoms with Crippen LogP contribution in [-0.2, 0) is 4.79 Å². The first kappa shape index (κ1) is 15.4. The van der Waals surface area contributed by atoms with Gasteiger partial charge < -0.3 is 5.32 Å². The van der Waals surface area contributed by atoms with Crippen LogP contribution >= 0.6 is 11.3 Å². The number of anilines is 1. The van der Waals surface area contributed by atoms with Crippen molar-refractivity contribution in [2.24, 2.45) is 0 Å². The molecule has 2 aromatic heterocycles. The molecule has 1 atom stereocenters. The number of thiophene rings is 1. The molecule has 0 saturated heterocycles. The largest absolute Gasteiger partial charge is 0.324 e. The van der Waals surface area contributed by atoms with Crippen LogP contribution in [0.5, 0.6) is 0 Å². The van der Waals surface area contributed by atoms with E-state index in [1.54, 1.807) is 13.8 Å². The number of amides is 1. The number of benzene rings is 1. The molecule has 0 saturated carbocycles. The average Bonchev–Trinajstić information content (AvgIpc) is 2.88. The highest BCUT2D eigenvalue weighted by Gasteiger charge is 2.21. The van der Waals surface area contributed by atoms with E-state index in [9.17, 15) is 9.59 Å². The molecule has 0 radical (unpaired) electrons. The van der Waals surface area contributed by atoms with E-state index in [1.807, 2.05) is 43.3 Å². The summed E-state index contributed by atoms with van der Waals surface area (Å²) in [4.78, 5) is 31.4. The van der Waals surface area contributed by atoms with E-state index in [0.29, 0.717) is 16.9 Å². The van der Waals surface area contributed by atoms with Gasteiger partial charge in [0.2, 0.25) is 5.91 Å². The second-order valence-electron chi connectivity index (χ2n) is 5.44. The van der Waals surface area contributed by atoms with Crippen molar-refractivity contribution in [3.8, 4) is 0 Å². The number of fused-ring (bicyclic) bond motifs is 1. The lowest BCUT2D eigenvalue weighted by atomic mass is 10.2. The van der Waals surface area contributed by atoms with Crippen LogP contribution in [0.25, 0.3) is 10.2 Å². The molecular weight excluding hydrogens is 310 g/mol. The fraction of sp³-hybridized carbons (Fsp3) is 0.235. The predicted molar refractivity (Wildman–Crippen MR) is 93.1 cm³/mol. The third kappa shape index (κ3) is 2.90. The van der Waals surface area contributed by atoms with Gasteiger partial charge in [0.1, 0.15) is 16.7 Å². The quantitative estimate of drug-likeness (QED) is 0.803. The van der Waals surface area contributed by atoms with E-state index in [4.69, 9.17) is 0 Å². The molecule has 0 aliphatic carbocycles. The first-order valence-corrected chi connectivity index (χ1v) is 8.14. The molecule has 0 spiro atoms. The van der Waals surface area contributed by atoms with Crippen molar-refractivity contribution in [2.75, 3.05) is 5.32 Å². The molecule has 6 heteroatoms. The number of carbonyl (C=O) groups excluding carboxylic acids is 1. The maximum absolute atomic E-state index is 12.7. The Bertz CT molecular complexity index is 928. The monoisotopic (exact) mass is 327 g/mol. The summed E-state index contributed by atoms with van der Waals surface area (Å²) in [5.74, 6) is 0.301. The van der Waals surface area contributed by atoms with Gasteiger partial charge in [-0.1, -0.05) is 18.2 Å².